The number of aromatic amines is 1. The number of aliphatic hydroxyl groups excluding tert-OH is 3. The second-order valence-corrected chi connectivity index (χ2v) is 12.2. The molecule has 0 spiro atoms. The summed E-state index contributed by atoms with van der Waals surface area (Å²) in [5, 5.41) is 28.7. The molecule has 1 fully saturated rings. The normalized spacial score (nSPS) is 20.0. The van der Waals surface area contributed by atoms with Crippen molar-refractivity contribution < 1.29 is 116 Å². The third-order valence-electron chi connectivity index (χ3n) is 3.24. The number of anilines is 1. The third kappa shape index (κ3) is 33.7. The van der Waals surface area contributed by atoms with Gasteiger partial charge in [-0.1, -0.05) is 0 Å². The second kappa shape index (κ2) is 19.4. The van der Waals surface area contributed by atoms with Crippen LogP contribution < -0.4 is 11.3 Å². The molecule has 0 saturated carbocycles. The van der Waals surface area contributed by atoms with Crippen molar-refractivity contribution in [2.75, 3.05) is 12.3 Å². The van der Waals surface area contributed by atoms with E-state index in [0.717, 1.165) is 0 Å². The van der Waals surface area contributed by atoms with Crippen molar-refractivity contribution in [3.63, 3.8) is 0 Å². The molecule has 2 aromatic heterocycles. The van der Waals surface area contributed by atoms with E-state index in [1.165, 1.54) is 10.9 Å². The summed E-state index contributed by atoms with van der Waals surface area (Å²) in [7, 11) is -23.2. The average Bonchev–Trinajstić information content (AvgIpc) is 3.23. The van der Waals surface area contributed by atoms with Crippen LogP contribution in [0.5, 0.6) is 0 Å². The molecule has 0 amide bonds. The lowest BCUT2D eigenvalue weighted by atomic mass is 10.1. The molecule has 2 aromatic rings. The van der Waals surface area contributed by atoms with Gasteiger partial charge in [-0.2, -0.15) is 4.98 Å². The first-order valence-electron chi connectivity index (χ1n) is 9.79. The molecule has 21 N–H and O–H groups in total. The Morgan fingerprint density at radius 1 is 0.733 bits per heavy atom. The van der Waals surface area contributed by atoms with E-state index in [2.05, 4.69) is 15.0 Å². The molecule has 268 valence electrons. The van der Waals surface area contributed by atoms with Gasteiger partial charge in [0.25, 0.3) is 5.56 Å². The first kappa shape index (κ1) is 47.9. The predicted molar refractivity (Wildman–Crippen MR) is 137 cm³/mol. The van der Waals surface area contributed by atoms with Crippen LogP contribution in [0, 0.1) is 0 Å². The molecular weight excluding hydrogens is 745 g/mol. The molecular formula is C10H28N5O25P5. The van der Waals surface area contributed by atoms with Crippen LogP contribution in [0.2, 0.25) is 0 Å². The lowest BCUT2D eigenvalue weighted by molar-refractivity contribution is -0.0511. The van der Waals surface area contributed by atoms with Crippen molar-refractivity contribution in [2.45, 2.75) is 24.5 Å². The highest BCUT2D eigenvalue weighted by atomic mass is 31.2. The van der Waals surface area contributed by atoms with Crippen LogP contribution in [0.3, 0.4) is 0 Å². The van der Waals surface area contributed by atoms with E-state index < -0.39 is 75.8 Å². The molecule has 0 aliphatic carbocycles. The van der Waals surface area contributed by atoms with Crippen LogP contribution in [-0.4, -0.2) is 133 Å². The van der Waals surface area contributed by atoms with Crippen molar-refractivity contribution in [3.05, 3.63) is 16.7 Å². The van der Waals surface area contributed by atoms with Crippen molar-refractivity contribution in [3.8, 4) is 0 Å². The van der Waals surface area contributed by atoms with Crippen LogP contribution in [0.4, 0.5) is 5.95 Å². The van der Waals surface area contributed by atoms with E-state index >= 15 is 0 Å². The van der Waals surface area contributed by atoms with Crippen LogP contribution in [-0.2, 0) is 27.6 Å². The molecule has 0 aromatic carbocycles. The van der Waals surface area contributed by atoms with Crippen LogP contribution >= 0.6 is 39.1 Å². The van der Waals surface area contributed by atoms with Crippen molar-refractivity contribution in [2.24, 2.45) is 0 Å². The molecule has 3 heterocycles. The standard InChI is InChI=1S/C10H13N5O5.5H3O4P/c11-10-13-7-4(8(19)14-10)12-2-15(7)9-6(18)5(17)3(1-16)20-9;5*1-5(2,3)4/h2-3,5-6,9,16-18H,1H2,(H3,11,13,14,19);5*(H3,1,2,3,4)/t3-,5-,6-,9-;;;;;/m1...../s1. The highest BCUT2D eigenvalue weighted by Gasteiger charge is 2.44. The Morgan fingerprint density at radius 2 is 1.07 bits per heavy atom. The fourth-order valence-electron chi connectivity index (χ4n) is 2.24. The van der Waals surface area contributed by atoms with Crippen molar-refractivity contribution >= 4 is 56.2 Å². The number of hydrogen-bond acceptors (Lipinski definition) is 13. The fraction of sp³-hybridized carbons (Fsp3) is 0.500. The first-order valence-corrected chi connectivity index (χ1v) is 17.6. The smallest absolute Gasteiger partial charge is 0.394 e. The number of imidazole rings is 1. The number of hydrogen-bond donors (Lipinski definition) is 20. The Labute approximate surface area is 246 Å². The summed E-state index contributed by atoms with van der Waals surface area (Å²) in [4.78, 5) is 130. The molecule has 1 saturated heterocycles. The van der Waals surface area contributed by atoms with Gasteiger partial charge in [0.15, 0.2) is 17.4 Å². The van der Waals surface area contributed by atoms with Gasteiger partial charge < -0.3 is 99.2 Å². The molecule has 0 radical (unpaired) electrons. The Balaban J connectivity index is -0.000000580. The molecule has 1 aliphatic rings. The number of phosphoric acid groups is 5. The van der Waals surface area contributed by atoms with E-state index in [4.69, 9.17) is 112 Å². The van der Waals surface area contributed by atoms with Gasteiger partial charge in [0, 0.05) is 0 Å². The Kier molecular flexibility index (Phi) is 20.6. The Bertz CT molecular complexity index is 1310. The number of aromatic nitrogens is 4. The van der Waals surface area contributed by atoms with Gasteiger partial charge >= 0.3 is 39.1 Å². The zero-order chi connectivity index (χ0) is 36.9. The highest BCUT2D eigenvalue weighted by Crippen LogP contribution is 2.31. The number of H-pyrrole nitrogens is 1. The molecule has 30 nitrogen and oxygen atoms in total. The lowest BCUT2D eigenvalue weighted by Gasteiger charge is -2.16. The van der Waals surface area contributed by atoms with Gasteiger partial charge in [0.1, 0.15) is 18.3 Å². The summed E-state index contributed by atoms with van der Waals surface area (Å²) in [6.45, 7) is -0.447. The van der Waals surface area contributed by atoms with Gasteiger partial charge in [-0.25, -0.2) is 27.8 Å². The van der Waals surface area contributed by atoms with E-state index in [-0.39, 0.29) is 17.1 Å². The molecule has 45 heavy (non-hydrogen) atoms. The topological polar surface area (TPSA) is 548 Å². The maximum Gasteiger partial charge on any atom is 0.466 e. The number of fused-ring (bicyclic) bond motifs is 1. The molecule has 35 heteroatoms. The minimum atomic E-state index is -4.64. The van der Waals surface area contributed by atoms with E-state index in [1.807, 2.05) is 0 Å². The van der Waals surface area contributed by atoms with E-state index in [0.29, 0.717) is 0 Å². The SMILES string of the molecule is Nc1nc2c(ncn2[C@@H]2O[C@H](CO)[C@@H](O)[C@H]2O)c(=O)[nH]1.O=P(O)(O)O.O=P(O)(O)O.O=P(O)(O)O.O=P(O)(O)O.O=P(O)(O)O. The van der Waals surface area contributed by atoms with Crippen LogP contribution in [0.25, 0.3) is 11.2 Å². The quantitative estimate of drug-likeness (QED) is 0.126. The number of aliphatic hydroxyl groups is 3. The third-order valence-corrected chi connectivity index (χ3v) is 3.24. The Morgan fingerprint density at radius 3 is 1.36 bits per heavy atom. The number of nitrogens with zero attached hydrogens (tertiary/aromatic N) is 3. The predicted octanol–water partition coefficient (Wildman–Crippen LogP) is -7.33. The molecule has 0 bridgehead atoms. The monoisotopic (exact) mass is 773 g/mol. The van der Waals surface area contributed by atoms with Crippen molar-refractivity contribution in [1.29, 1.82) is 0 Å². The number of ether oxygens (including phenoxy) is 1. The maximum absolute atomic E-state index is 11.7. The van der Waals surface area contributed by atoms with Gasteiger partial charge in [0.05, 0.1) is 12.9 Å². The van der Waals surface area contributed by atoms with Gasteiger partial charge in [0.2, 0.25) is 5.95 Å². The number of nitrogen functional groups attached to an aromatic ring is 1. The van der Waals surface area contributed by atoms with Crippen LogP contribution in [0.1, 0.15) is 6.23 Å². The average molecular weight is 773 g/mol. The second-order valence-electron chi connectivity index (χ2n) is 7.07. The van der Waals surface area contributed by atoms with Crippen LogP contribution in [0.15, 0.2) is 11.1 Å². The minimum Gasteiger partial charge on any atom is -0.394 e. The van der Waals surface area contributed by atoms with E-state index in [9.17, 15) is 15.0 Å². The summed E-state index contributed by atoms with van der Waals surface area (Å²) < 4.78 is 51.1. The lowest BCUT2D eigenvalue weighted by Crippen LogP contribution is -2.33. The zero-order valence-corrected chi connectivity index (χ0v) is 25.6. The first-order chi connectivity index (χ1) is 19.5. The molecule has 4 atom stereocenters. The number of rotatable bonds is 2. The van der Waals surface area contributed by atoms with Gasteiger partial charge in [-0.15, -0.1) is 0 Å². The highest BCUT2D eigenvalue weighted by molar-refractivity contribution is 7.46. The minimum absolute atomic E-state index is 0.0388. The van der Waals surface area contributed by atoms with Gasteiger partial charge in [-0.05, 0) is 0 Å². The Hall–Kier alpha value is -1.46. The molecule has 0 unspecified atom stereocenters. The molecule has 1 aliphatic heterocycles. The van der Waals surface area contributed by atoms with Crippen molar-refractivity contribution in [1.82, 2.24) is 19.5 Å². The summed E-state index contributed by atoms with van der Waals surface area (Å²) in [6.07, 6.45) is -3.21. The summed E-state index contributed by atoms with van der Waals surface area (Å²) in [6, 6.07) is 0. The summed E-state index contributed by atoms with van der Waals surface area (Å²) >= 11 is 0. The fourth-order valence-corrected chi connectivity index (χ4v) is 2.24. The summed E-state index contributed by atoms with van der Waals surface area (Å²) in [5.41, 5.74) is 5.12. The maximum atomic E-state index is 11.7. The largest absolute Gasteiger partial charge is 0.466 e. The number of nitrogens with two attached hydrogens (primary N) is 1. The number of nitrogens with one attached hydrogen (secondary N) is 1. The summed E-state index contributed by atoms with van der Waals surface area (Å²) in [5.74, 6) is -0.101. The molecule has 3 rings (SSSR count). The van der Waals surface area contributed by atoms with E-state index in [1.54, 1.807) is 0 Å². The zero-order valence-electron chi connectivity index (χ0n) is 21.2. The van der Waals surface area contributed by atoms with Gasteiger partial charge in [-0.3, -0.25) is 14.3 Å².